The maximum absolute atomic E-state index is 13.3. The Hall–Kier alpha value is -4.54. The molecule has 4 aromatic rings. The van der Waals surface area contributed by atoms with E-state index < -0.39 is 11.2 Å². The molecule has 3 amide bonds. The van der Waals surface area contributed by atoms with Crippen molar-refractivity contribution in [1.82, 2.24) is 5.32 Å². The van der Waals surface area contributed by atoms with Crippen molar-refractivity contribution in [3.05, 3.63) is 106 Å². The Bertz CT molecular complexity index is 1540. The second-order valence-corrected chi connectivity index (χ2v) is 11.1. The SMILES string of the molecule is COc1ccc(OC)c(NC(=O)C(C)Sc2cccc(NC(=O)/C(=C/c3cccs3)NC(=O)c3ccccc3)c2)c1. The molecule has 0 saturated heterocycles. The van der Waals surface area contributed by atoms with Gasteiger partial charge in [0.25, 0.3) is 11.8 Å². The van der Waals surface area contributed by atoms with Gasteiger partial charge in [-0.1, -0.05) is 30.3 Å². The van der Waals surface area contributed by atoms with Crippen LogP contribution in [0.5, 0.6) is 11.5 Å². The molecule has 1 atom stereocenters. The zero-order valence-electron chi connectivity index (χ0n) is 22.7. The number of methoxy groups -OCH3 is 2. The molecule has 0 aliphatic rings. The highest BCUT2D eigenvalue weighted by Gasteiger charge is 2.19. The van der Waals surface area contributed by atoms with Gasteiger partial charge < -0.3 is 25.4 Å². The Kier molecular flexibility index (Phi) is 10.2. The number of carbonyl (C=O) groups is 3. The molecule has 0 bridgehead atoms. The fourth-order valence-corrected chi connectivity index (χ4v) is 5.29. The number of thioether (sulfide) groups is 1. The molecular weight excluding hydrogens is 558 g/mol. The summed E-state index contributed by atoms with van der Waals surface area (Å²) in [5.74, 6) is 0.0334. The van der Waals surface area contributed by atoms with Crippen LogP contribution in [-0.2, 0) is 9.59 Å². The van der Waals surface area contributed by atoms with Crippen LogP contribution >= 0.6 is 23.1 Å². The molecule has 3 N–H and O–H groups in total. The smallest absolute Gasteiger partial charge is 0.272 e. The summed E-state index contributed by atoms with van der Waals surface area (Å²) < 4.78 is 10.6. The van der Waals surface area contributed by atoms with E-state index in [1.165, 1.54) is 30.2 Å². The quantitative estimate of drug-likeness (QED) is 0.141. The highest BCUT2D eigenvalue weighted by molar-refractivity contribution is 8.00. The second kappa shape index (κ2) is 14.2. The van der Waals surface area contributed by atoms with E-state index in [1.807, 2.05) is 29.6 Å². The third-order valence-electron chi connectivity index (χ3n) is 5.80. The number of hydrogen-bond acceptors (Lipinski definition) is 7. The fourth-order valence-electron chi connectivity index (χ4n) is 3.71. The first kappa shape index (κ1) is 29.4. The lowest BCUT2D eigenvalue weighted by Gasteiger charge is -2.16. The van der Waals surface area contributed by atoms with Crippen LogP contribution in [0.2, 0.25) is 0 Å². The summed E-state index contributed by atoms with van der Waals surface area (Å²) in [5.41, 5.74) is 1.58. The highest BCUT2D eigenvalue weighted by Crippen LogP contribution is 2.31. The summed E-state index contributed by atoms with van der Waals surface area (Å²) in [6.45, 7) is 1.79. The van der Waals surface area contributed by atoms with Crippen molar-refractivity contribution in [1.29, 1.82) is 0 Å². The van der Waals surface area contributed by atoms with Crippen LogP contribution in [0.1, 0.15) is 22.2 Å². The fraction of sp³-hybridized carbons (Fsp3) is 0.129. The molecule has 0 spiro atoms. The third-order valence-corrected chi connectivity index (χ3v) is 7.71. The Morgan fingerprint density at radius 3 is 2.39 bits per heavy atom. The molecule has 0 aliphatic carbocycles. The van der Waals surface area contributed by atoms with Gasteiger partial charge in [0.1, 0.15) is 17.2 Å². The molecule has 0 saturated carbocycles. The summed E-state index contributed by atoms with van der Waals surface area (Å²) in [6.07, 6.45) is 1.64. The van der Waals surface area contributed by atoms with Gasteiger partial charge >= 0.3 is 0 Å². The molecule has 41 heavy (non-hydrogen) atoms. The minimum absolute atomic E-state index is 0.111. The zero-order chi connectivity index (χ0) is 29.2. The van der Waals surface area contributed by atoms with Crippen molar-refractivity contribution in [2.24, 2.45) is 0 Å². The molecule has 4 rings (SSSR count). The molecule has 1 aromatic heterocycles. The Labute approximate surface area is 246 Å². The van der Waals surface area contributed by atoms with Gasteiger partial charge in [0.2, 0.25) is 5.91 Å². The van der Waals surface area contributed by atoms with E-state index in [0.29, 0.717) is 28.4 Å². The van der Waals surface area contributed by atoms with Gasteiger partial charge in [-0.25, -0.2) is 0 Å². The number of anilines is 2. The first-order chi connectivity index (χ1) is 19.9. The van der Waals surface area contributed by atoms with E-state index in [1.54, 1.807) is 80.8 Å². The van der Waals surface area contributed by atoms with Gasteiger partial charge in [-0.2, -0.15) is 0 Å². The molecule has 0 radical (unpaired) electrons. The maximum atomic E-state index is 13.3. The molecule has 0 aliphatic heterocycles. The van der Waals surface area contributed by atoms with Crippen molar-refractivity contribution in [2.45, 2.75) is 17.1 Å². The van der Waals surface area contributed by atoms with E-state index >= 15 is 0 Å². The first-order valence-corrected chi connectivity index (χ1v) is 14.3. The Morgan fingerprint density at radius 1 is 0.878 bits per heavy atom. The lowest BCUT2D eigenvalue weighted by molar-refractivity contribution is -0.115. The third kappa shape index (κ3) is 8.23. The average molecular weight is 588 g/mol. The molecule has 210 valence electrons. The normalized spacial score (nSPS) is 11.7. The van der Waals surface area contributed by atoms with Crippen LogP contribution in [0.25, 0.3) is 6.08 Å². The Morgan fingerprint density at radius 2 is 1.68 bits per heavy atom. The number of benzene rings is 3. The van der Waals surface area contributed by atoms with Crippen LogP contribution in [0.3, 0.4) is 0 Å². The van der Waals surface area contributed by atoms with Crippen LogP contribution in [0, 0.1) is 0 Å². The molecule has 8 nitrogen and oxygen atoms in total. The highest BCUT2D eigenvalue weighted by atomic mass is 32.2. The first-order valence-electron chi connectivity index (χ1n) is 12.6. The molecule has 0 fully saturated rings. The largest absolute Gasteiger partial charge is 0.497 e. The van der Waals surface area contributed by atoms with Crippen molar-refractivity contribution >= 4 is 58.3 Å². The van der Waals surface area contributed by atoms with Crippen molar-refractivity contribution in [3.8, 4) is 11.5 Å². The molecule has 3 aromatic carbocycles. The number of ether oxygens (including phenoxy) is 2. The van der Waals surface area contributed by atoms with E-state index in [0.717, 1.165) is 9.77 Å². The predicted octanol–water partition coefficient (Wildman–Crippen LogP) is 6.29. The standard InChI is InChI=1S/C31H29N3O5S2/c1-20(29(35)33-26-18-23(38-2)14-15-28(26)39-3)41-25-12-7-11-22(17-25)32-31(37)27(19-24-13-8-16-40-24)34-30(36)21-9-5-4-6-10-21/h4-20H,1-3H3,(H,32,37)(H,33,35)(H,34,36)/b27-19-. The Balaban J connectivity index is 1.45. The van der Waals surface area contributed by atoms with Gasteiger partial charge in [0, 0.05) is 27.1 Å². The number of hydrogen-bond donors (Lipinski definition) is 3. The molecule has 10 heteroatoms. The number of thiophene rings is 1. The summed E-state index contributed by atoms with van der Waals surface area (Å²) in [4.78, 5) is 40.6. The predicted molar refractivity (Wildman–Crippen MR) is 165 cm³/mol. The average Bonchev–Trinajstić information content (AvgIpc) is 3.50. The van der Waals surface area contributed by atoms with Crippen molar-refractivity contribution in [3.63, 3.8) is 0 Å². The lowest BCUT2D eigenvalue weighted by Crippen LogP contribution is -2.30. The number of rotatable bonds is 11. The van der Waals surface area contributed by atoms with Gasteiger partial charge in [-0.05, 0) is 66.9 Å². The minimum Gasteiger partial charge on any atom is -0.497 e. The van der Waals surface area contributed by atoms with Crippen molar-refractivity contribution < 1.29 is 23.9 Å². The van der Waals surface area contributed by atoms with Gasteiger partial charge in [-0.3, -0.25) is 14.4 Å². The summed E-state index contributed by atoms with van der Waals surface area (Å²) in [5, 5.41) is 9.91. The van der Waals surface area contributed by atoms with Crippen LogP contribution in [0.4, 0.5) is 11.4 Å². The second-order valence-electron chi connectivity index (χ2n) is 8.69. The van der Waals surface area contributed by atoms with E-state index in [9.17, 15) is 14.4 Å². The topological polar surface area (TPSA) is 106 Å². The van der Waals surface area contributed by atoms with Crippen LogP contribution in [0.15, 0.2) is 101 Å². The van der Waals surface area contributed by atoms with E-state index in [-0.39, 0.29) is 17.5 Å². The zero-order valence-corrected chi connectivity index (χ0v) is 24.3. The van der Waals surface area contributed by atoms with Gasteiger partial charge in [-0.15, -0.1) is 23.1 Å². The van der Waals surface area contributed by atoms with Crippen molar-refractivity contribution in [2.75, 3.05) is 24.9 Å². The monoisotopic (exact) mass is 587 g/mol. The lowest BCUT2D eigenvalue weighted by atomic mass is 10.2. The maximum Gasteiger partial charge on any atom is 0.272 e. The molecular formula is C31H29N3O5S2. The van der Waals surface area contributed by atoms with E-state index in [4.69, 9.17) is 9.47 Å². The molecule has 1 unspecified atom stereocenters. The summed E-state index contributed by atoms with van der Waals surface area (Å²) in [6, 6.07) is 24.8. The van der Waals surface area contributed by atoms with Crippen LogP contribution in [-0.4, -0.2) is 37.2 Å². The minimum atomic E-state index is -0.472. The summed E-state index contributed by atoms with van der Waals surface area (Å²) >= 11 is 2.79. The summed E-state index contributed by atoms with van der Waals surface area (Å²) in [7, 11) is 3.08. The van der Waals surface area contributed by atoms with Crippen LogP contribution < -0.4 is 25.4 Å². The van der Waals surface area contributed by atoms with E-state index in [2.05, 4.69) is 16.0 Å². The molecule has 1 heterocycles. The number of nitrogens with one attached hydrogen (secondary N) is 3. The van der Waals surface area contributed by atoms with Gasteiger partial charge in [0.15, 0.2) is 0 Å². The number of amides is 3. The number of carbonyl (C=O) groups excluding carboxylic acids is 3. The van der Waals surface area contributed by atoms with Gasteiger partial charge in [0.05, 0.1) is 25.2 Å².